The first kappa shape index (κ1) is 23.2. The third-order valence-corrected chi connectivity index (χ3v) is 6.25. The van der Waals surface area contributed by atoms with Crippen molar-refractivity contribution in [3.8, 4) is 0 Å². The molecular formula is C20H31Cl2FN4O. The SMILES string of the molecule is CC(C(=O)NC1CC2CCC(C1)N2)N1CCN(c2ccc(F)cc2)CC1.Cl.Cl. The van der Waals surface area contributed by atoms with Gasteiger partial charge in [-0.05, 0) is 56.9 Å². The molecule has 0 radical (unpaired) electrons. The Morgan fingerprint density at radius 2 is 1.64 bits per heavy atom. The molecule has 1 aromatic rings. The number of halogens is 3. The fraction of sp³-hybridized carbons (Fsp3) is 0.650. The van der Waals surface area contributed by atoms with E-state index >= 15 is 0 Å². The first-order valence-corrected chi connectivity index (χ1v) is 9.89. The van der Waals surface area contributed by atoms with Crippen LogP contribution in [0.2, 0.25) is 0 Å². The van der Waals surface area contributed by atoms with Crippen LogP contribution in [0.4, 0.5) is 10.1 Å². The summed E-state index contributed by atoms with van der Waals surface area (Å²) >= 11 is 0. The molecule has 28 heavy (non-hydrogen) atoms. The van der Waals surface area contributed by atoms with E-state index < -0.39 is 0 Å². The summed E-state index contributed by atoms with van der Waals surface area (Å²) < 4.78 is 13.1. The van der Waals surface area contributed by atoms with Crippen LogP contribution in [0.25, 0.3) is 0 Å². The smallest absolute Gasteiger partial charge is 0.237 e. The van der Waals surface area contributed by atoms with Crippen molar-refractivity contribution >= 4 is 36.4 Å². The second-order valence-electron chi connectivity index (χ2n) is 7.99. The van der Waals surface area contributed by atoms with E-state index in [0.29, 0.717) is 18.1 Å². The Morgan fingerprint density at radius 3 is 2.21 bits per heavy atom. The van der Waals surface area contributed by atoms with Crippen molar-refractivity contribution in [2.45, 2.75) is 56.8 Å². The van der Waals surface area contributed by atoms with Gasteiger partial charge in [0.1, 0.15) is 5.82 Å². The van der Waals surface area contributed by atoms with Crippen LogP contribution >= 0.6 is 24.8 Å². The summed E-state index contributed by atoms with van der Waals surface area (Å²) in [4.78, 5) is 17.2. The standard InChI is InChI=1S/C20H29FN4O.2ClH/c1-14(20(26)23-18-12-16-4-5-17(13-18)22-16)24-8-10-25(11-9-24)19-6-2-15(21)3-7-19;;/h2-3,6-7,14,16-18,22H,4-5,8-13H2,1H3,(H,23,26);2*1H. The largest absolute Gasteiger partial charge is 0.369 e. The number of nitrogens with zero attached hydrogens (tertiary/aromatic N) is 2. The van der Waals surface area contributed by atoms with Gasteiger partial charge in [0.05, 0.1) is 6.04 Å². The minimum absolute atomic E-state index is 0. The van der Waals surface area contributed by atoms with Gasteiger partial charge in [-0.25, -0.2) is 4.39 Å². The van der Waals surface area contributed by atoms with Gasteiger partial charge < -0.3 is 15.5 Å². The lowest BCUT2D eigenvalue weighted by Crippen LogP contribution is -2.56. The second kappa shape index (κ2) is 10.1. The Morgan fingerprint density at radius 1 is 1.07 bits per heavy atom. The number of hydrogen-bond acceptors (Lipinski definition) is 4. The minimum Gasteiger partial charge on any atom is -0.369 e. The van der Waals surface area contributed by atoms with Gasteiger partial charge in [0.25, 0.3) is 0 Å². The van der Waals surface area contributed by atoms with Crippen molar-refractivity contribution in [1.82, 2.24) is 15.5 Å². The van der Waals surface area contributed by atoms with E-state index in [0.717, 1.165) is 44.7 Å². The van der Waals surface area contributed by atoms with E-state index in [1.54, 1.807) is 0 Å². The predicted molar refractivity (Wildman–Crippen MR) is 115 cm³/mol. The summed E-state index contributed by atoms with van der Waals surface area (Å²) in [5, 5.41) is 6.91. The van der Waals surface area contributed by atoms with Gasteiger partial charge in [-0.1, -0.05) is 0 Å². The fourth-order valence-electron chi connectivity index (χ4n) is 4.68. The molecule has 3 atom stereocenters. The highest BCUT2D eigenvalue weighted by Crippen LogP contribution is 2.27. The third kappa shape index (κ3) is 5.29. The van der Waals surface area contributed by atoms with Crippen molar-refractivity contribution in [3.63, 3.8) is 0 Å². The molecule has 3 fully saturated rings. The Hall–Kier alpha value is -1.08. The number of anilines is 1. The molecule has 0 saturated carbocycles. The first-order chi connectivity index (χ1) is 12.6. The zero-order chi connectivity index (χ0) is 18.1. The van der Waals surface area contributed by atoms with E-state index in [4.69, 9.17) is 0 Å². The number of piperazine rings is 1. The average molecular weight is 433 g/mol. The molecule has 0 spiro atoms. The van der Waals surface area contributed by atoms with Gasteiger partial charge >= 0.3 is 0 Å². The molecule has 4 rings (SSSR count). The molecule has 3 unspecified atom stereocenters. The minimum atomic E-state index is -0.205. The lowest BCUT2D eigenvalue weighted by molar-refractivity contribution is -0.127. The number of benzene rings is 1. The van der Waals surface area contributed by atoms with Crippen molar-refractivity contribution in [2.24, 2.45) is 0 Å². The summed E-state index contributed by atoms with van der Waals surface area (Å²) in [5.74, 6) is -0.0458. The molecular weight excluding hydrogens is 402 g/mol. The molecule has 3 saturated heterocycles. The number of rotatable bonds is 4. The van der Waals surface area contributed by atoms with E-state index in [1.807, 2.05) is 19.1 Å². The number of amides is 1. The van der Waals surface area contributed by atoms with Crippen molar-refractivity contribution in [3.05, 3.63) is 30.1 Å². The van der Waals surface area contributed by atoms with Gasteiger partial charge in [0, 0.05) is 50.0 Å². The maximum absolute atomic E-state index is 13.1. The topological polar surface area (TPSA) is 47.6 Å². The van der Waals surface area contributed by atoms with Crippen LogP contribution in [-0.4, -0.2) is 61.2 Å². The predicted octanol–water partition coefficient (Wildman–Crippen LogP) is 2.58. The maximum atomic E-state index is 13.1. The maximum Gasteiger partial charge on any atom is 0.237 e. The van der Waals surface area contributed by atoms with Gasteiger partial charge in [-0.3, -0.25) is 9.69 Å². The summed E-state index contributed by atoms with van der Waals surface area (Å²) in [7, 11) is 0. The summed E-state index contributed by atoms with van der Waals surface area (Å²) in [5.41, 5.74) is 1.05. The molecule has 0 aromatic heterocycles. The number of piperidine rings is 1. The van der Waals surface area contributed by atoms with Crippen LogP contribution < -0.4 is 15.5 Å². The van der Waals surface area contributed by atoms with E-state index in [1.165, 1.54) is 25.0 Å². The molecule has 1 aromatic carbocycles. The summed E-state index contributed by atoms with van der Waals surface area (Å²) in [6.45, 7) is 5.44. The quantitative estimate of drug-likeness (QED) is 0.767. The highest BCUT2D eigenvalue weighted by molar-refractivity contribution is 5.85. The Kier molecular flexibility index (Phi) is 8.37. The highest BCUT2D eigenvalue weighted by atomic mass is 35.5. The number of carbonyl (C=O) groups is 1. The molecule has 3 aliphatic heterocycles. The molecule has 3 heterocycles. The van der Waals surface area contributed by atoms with E-state index in [9.17, 15) is 9.18 Å². The highest BCUT2D eigenvalue weighted by Gasteiger charge is 2.35. The molecule has 3 aliphatic rings. The van der Waals surface area contributed by atoms with Crippen molar-refractivity contribution in [2.75, 3.05) is 31.1 Å². The van der Waals surface area contributed by atoms with Crippen LogP contribution in [0.15, 0.2) is 24.3 Å². The second-order valence-corrected chi connectivity index (χ2v) is 7.99. The van der Waals surface area contributed by atoms with Gasteiger partial charge in [0.15, 0.2) is 0 Å². The van der Waals surface area contributed by atoms with Gasteiger partial charge in [0.2, 0.25) is 5.91 Å². The van der Waals surface area contributed by atoms with Gasteiger partial charge in [-0.2, -0.15) is 0 Å². The summed E-state index contributed by atoms with van der Waals surface area (Å²) in [6.07, 6.45) is 4.62. The van der Waals surface area contributed by atoms with Crippen LogP contribution in [0.5, 0.6) is 0 Å². The van der Waals surface area contributed by atoms with Gasteiger partial charge in [-0.15, -0.1) is 24.8 Å². The zero-order valence-electron chi connectivity index (χ0n) is 16.3. The Balaban J connectivity index is 0.00000140. The zero-order valence-corrected chi connectivity index (χ0v) is 17.9. The first-order valence-electron chi connectivity index (χ1n) is 9.89. The van der Waals surface area contributed by atoms with Crippen LogP contribution in [0.1, 0.15) is 32.6 Å². The average Bonchev–Trinajstić information content (AvgIpc) is 3.00. The monoisotopic (exact) mass is 432 g/mol. The number of carbonyl (C=O) groups excluding carboxylic acids is 1. The Labute approximate surface area is 179 Å². The molecule has 1 amide bonds. The van der Waals surface area contributed by atoms with Crippen LogP contribution in [-0.2, 0) is 4.79 Å². The number of nitrogens with one attached hydrogen (secondary N) is 2. The van der Waals surface area contributed by atoms with Crippen molar-refractivity contribution in [1.29, 1.82) is 0 Å². The summed E-state index contributed by atoms with van der Waals surface area (Å²) in [6, 6.07) is 8.07. The lowest BCUT2D eigenvalue weighted by atomic mass is 9.99. The molecule has 2 bridgehead atoms. The van der Waals surface area contributed by atoms with Crippen molar-refractivity contribution < 1.29 is 9.18 Å². The lowest BCUT2D eigenvalue weighted by Gasteiger charge is -2.39. The molecule has 2 N–H and O–H groups in total. The molecule has 158 valence electrons. The van der Waals surface area contributed by atoms with Crippen LogP contribution in [0.3, 0.4) is 0 Å². The third-order valence-electron chi connectivity index (χ3n) is 6.25. The van der Waals surface area contributed by atoms with E-state index in [-0.39, 0.29) is 42.6 Å². The van der Waals surface area contributed by atoms with E-state index in [2.05, 4.69) is 20.4 Å². The fourth-order valence-corrected chi connectivity index (χ4v) is 4.68. The number of hydrogen-bond donors (Lipinski definition) is 2. The normalized spacial score (nSPS) is 28.1. The number of fused-ring (bicyclic) bond motifs is 2. The molecule has 5 nitrogen and oxygen atoms in total. The Bertz CT molecular complexity index is 628. The van der Waals surface area contributed by atoms with Crippen LogP contribution in [0, 0.1) is 5.82 Å². The molecule has 0 aliphatic carbocycles. The molecule has 8 heteroatoms.